The molecule has 0 radical (unpaired) electrons. The molecule has 2 N–H and O–H groups in total. The fourth-order valence-corrected chi connectivity index (χ4v) is 4.70. The lowest BCUT2D eigenvalue weighted by molar-refractivity contribution is 0.0151. The van der Waals surface area contributed by atoms with Crippen LogP contribution >= 0.6 is 0 Å². The molecule has 6 nitrogen and oxygen atoms in total. The molecule has 2 amide bonds. The highest BCUT2D eigenvalue weighted by molar-refractivity contribution is 5.75. The number of aliphatic hydroxyl groups is 1. The summed E-state index contributed by atoms with van der Waals surface area (Å²) in [6.45, 7) is 7.01. The molecule has 5 atom stereocenters. The van der Waals surface area contributed by atoms with E-state index in [1.807, 2.05) is 32.0 Å². The molecular formula is C19H32N4O2. The highest BCUT2D eigenvalue weighted by Gasteiger charge is 2.40. The maximum atomic E-state index is 12.9. The molecule has 2 aliphatic rings. The number of hydrogen-bond donors (Lipinski definition) is 2. The smallest absolute Gasteiger partial charge is 0.318 e. The summed E-state index contributed by atoms with van der Waals surface area (Å²) in [6.07, 6.45) is 6.70. The van der Waals surface area contributed by atoms with E-state index in [0.717, 1.165) is 49.9 Å². The first-order valence-corrected chi connectivity index (χ1v) is 9.62. The Labute approximate surface area is 150 Å². The Morgan fingerprint density at radius 2 is 2.16 bits per heavy atom. The van der Waals surface area contributed by atoms with E-state index in [2.05, 4.69) is 17.3 Å². The van der Waals surface area contributed by atoms with Gasteiger partial charge in [0.25, 0.3) is 0 Å². The molecule has 1 aromatic heterocycles. The van der Waals surface area contributed by atoms with Crippen LogP contribution in [0, 0.1) is 18.8 Å². The second-order valence-corrected chi connectivity index (χ2v) is 8.07. The number of aromatic nitrogens is 2. The monoisotopic (exact) mass is 348 g/mol. The van der Waals surface area contributed by atoms with Gasteiger partial charge in [-0.25, -0.2) is 4.79 Å². The number of amides is 2. The van der Waals surface area contributed by atoms with E-state index in [4.69, 9.17) is 0 Å². The zero-order chi connectivity index (χ0) is 18.1. The van der Waals surface area contributed by atoms with Crippen LogP contribution in [0.3, 0.4) is 0 Å². The maximum absolute atomic E-state index is 12.9. The van der Waals surface area contributed by atoms with Gasteiger partial charge in [-0.3, -0.25) is 4.68 Å². The van der Waals surface area contributed by atoms with E-state index in [1.54, 1.807) is 4.68 Å². The maximum Gasteiger partial charge on any atom is 0.318 e. The van der Waals surface area contributed by atoms with Gasteiger partial charge in [0.1, 0.15) is 0 Å². The largest absolute Gasteiger partial charge is 0.393 e. The van der Waals surface area contributed by atoms with Crippen molar-refractivity contribution in [2.75, 3.05) is 6.54 Å². The number of rotatable bonds is 3. The number of nitrogens with one attached hydrogen (secondary N) is 1. The minimum atomic E-state index is -0.271. The average Bonchev–Trinajstić information content (AvgIpc) is 3.16. The summed E-state index contributed by atoms with van der Waals surface area (Å²) in [4.78, 5) is 14.9. The Kier molecular flexibility index (Phi) is 5.37. The molecule has 1 aliphatic carbocycles. The van der Waals surface area contributed by atoms with Crippen LogP contribution < -0.4 is 5.32 Å². The van der Waals surface area contributed by atoms with Crippen LogP contribution in [0.2, 0.25) is 0 Å². The quantitative estimate of drug-likeness (QED) is 0.882. The molecule has 0 bridgehead atoms. The van der Waals surface area contributed by atoms with E-state index in [0.29, 0.717) is 5.92 Å². The first-order chi connectivity index (χ1) is 11.9. The summed E-state index contributed by atoms with van der Waals surface area (Å²) < 4.78 is 1.78. The van der Waals surface area contributed by atoms with E-state index in [-0.39, 0.29) is 30.1 Å². The van der Waals surface area contributed by atoms with Crippen LogP contribution in [0.4, 0.5) is 4.79 Å². The summed E-state index contributed by atoms with van der Waals surface area (Å²) in [5.41, 5.74) is 2.00. The van der Waals surface area contributed by atoms with E-state index < -0.39 is 0 Å². The van der Waals surface area contributed by atoms with Crippen molar-refractivity contribution in [2.24, 2.45) is 18.9 Å². The zero-order valence-corrected chi connectivity index (χ0v) is 15.9. The molecule has 0 unspecified atom stereocenters. The molecule has 2 fully saturated rings. The minimum absolute atomic E-state index is 0.0105. The van der Waals surface area contributed by atoms with Crippen LogP contribution in [-0.2, 0) is 7.05 Å². The molecule has 1 aromatic rings. The number of carbonyl (C=O) groups excluding carboxylic acids is 1. The highest BCUT2D eigenvalue weighted by atomic mass is 16.3. The number of carbonyl (C=O) groups is 1. The van der Waals surface area contributed by atoms with E-state index >= 15 is 0 Å². The summed E-state index contributed by atoms with van der Waals surface area (Å²) in [7, 11) is 1.90. The van der Waals surface area contributed by atoms with Crippen LogP contribution in [0.1, 0.15) is 63.3 Å². The fourth-order valence-electron chi connectivity index (χ4n) is 4.70. The summed E-state index contributed by atoms with van der Waals surface area (Å²) in [5.74, 6) is 0.850. The Morgan fingerprint density at radius 3 is 2.84 bits per heavy atom. The van der Waals surface area contributed by atoms with Crippen molar-refractivity contribution >= 4 is 6.03 Å². The Balaban J connectivity index is 1.67. The van der Waals surface area contributed by atoms with Crippen LogP contribution in [0.15, 0.2) is 6.20 Å². The lowest BCUT2D eigenvalue weighted by Crippen LogP contribution is -2.50. The molecule has 6 heteroatoms. The number of urea groups is 1. The number of likely N-dealkylation sites (tertiary alicyclic amines) is 1. The van der Waals surface area contributed by atoms with Gasteiger partial charge in [-0.15, -0.1) is 0 Å². The summed E-state index contributed by atoms with van der Waals surface area (Å²) in [5, 5.41) is 18.0. The van der Waals surface area contributed by atoms with Gasteiger partial charge >= 0.3 is 6.03 Å². The Bertz CT molecular complexity index is 615. The van der Waals surface area contributed by atoms with Crippen molar-refractivity contribution in [1.29, 1.82) is 0 Å². The van der Waals surface area contributed by atoms with Gasteiger partial charge in [0.15, 0.2) is 0 Å². The minimum Gasteiger partial charge on any atom is -0.393 e. The number of nitrogens with zero attached hydrogens (tertiary/aromatic N) is 3. The molecule has 1 aliphatic heterocycles. The van der Waals surface area contributed by atoms with E-state index in [9.17, 15) is 9.90 Å². The molecule has 3 rings (SSSR count). The normalized spacial score (nSPS) is 31.2. The number of aryl methyl sites for hydroxylation is 2. The molecule has 1 saturated carbocycles. The fraction of sp³-hybridized carbons (Fsp3) is 0.789. The lowest BCUT2D eigenvalue weighted by atomic mass is 9.76. The van der Waals surface area contributed by atoms with Gasteiger partial charge in [0.2, 0.25) is 0 Å². The van der Waals surface area contributed by atoms with E-state index in [1.165, 1.54) is 0 Å². The van der Waals surface area contributed by atoms with Crippen LogP contribution in [0.25, 0.3) is 0 Å². The standard InChI is InChI=1S/C19H32N4O2/c1-12-7-8-18(24)15(10-12)17-6-5-9-23(17)19(25)20-13(2)16-11-22(4)21-14(16)3/h11-13,15,17-18,24H,5-10H2,1-4H3,(H,20,25)/t12-,13-,15-,17+,18-/m0/s1. The van der Waals surface area contributed by atoms with Crippen molar-refractivity contribution in [1.82, 2.24) is 20.0 Å². The predicted octanol–water partition coefficient (Wildman–Crippen LogP) is 2.76. The predicted molar refractivity (Wildman–Crippen MR) is 97.1 cm³/mol. The van der Waals surface area contributed by atoms with Gasteiger partial charge in [-0.05, 0) is 51.9 Å². The molecule has 2 heterocycles. The van der Waals surface area contributed by atoms with Gasteiger partial charge in [-0.2, -0.15) is 5.10 Å². The van der Waals surface area contributed by atoms with Gasteiger partial charge in [0, 0.05) is 37.3 Å². The first-order valence-electron chi connectivity index (χ1n) is 9.62. The van der Waals surface area contributed by atoms with Crippen molar-refractivity contribution in [2.45, 2.75) is 71.1 Å². The third kappa shape index (κ3) is 3.84. The average molecular weight is 348 g/mol. The summed E-state index contributed by atoms with van der Waals surface area (Å²) in [6, 6.07) is 0.0845. The zero-order valence-electron chi connectivity index (χ0n) is 15.9. The second kappa shape index (κ2) is 7.36. The van der Waals surface area contributed by atoms with Crippen LogP contribution in [0.5, 0.6) is 0 Å². The second-order valence-electron chi connectivity index (χ2n) is 8.07. The van der Waals surface area contributed by atoms with Gasteiger partial charge in [0.05, 0.1) is 17.8 Å². The molecule has 0 spiro atoms. The van der Waals surface area contributed by atoms with Gasteiger partial charge < -0.3 is 15.3 Å². The molecular weight excluding hydrogens is 316 g/mol. The Morgan fingerprint density at radius 1 is 1.40 bits per heavy atom. The van der Waals surface area contributed by atoms with Gasteiger partial charge in [-0.1, -0.05) is 6.92 Å². The van der Waals surface area contributed by atoms with Crippen molar-refractivity contribution in [3.63, 3.8) is 0 Å². The molecule has 25 heavy (non-hydrogen) atoms. The summed E-state index contributed by atoms with van der Waals surface area (Å²) >= 11 is 0. The topological polar surface area (TPSA) is 70.4 Å². The third-order valence-electron chi connectivity index (χ3n) is 6.04. The molecule has 1 saturated heterocycles. The number of hydrogen-bond acceptors (Lipinski definition) is 3. The van der Waals surface area contributed by atoms with Crippen molar-refractivity contribution < 1.29 is 9.90 Å². The SMILES string of the molecule is Cc1nn(C)cc1[C@H](C)NC(=O)N1CCC[C@@H]1[C@@H]1C[C@@H](C)CC[C@@H]1O. The van der Waals surface area contributed by atoms with Crippen LogP contribution in [-0.4, -0.2) is 44.5 Å². The lowest BCUT2D eigenvalue weighted by Gasteiger charge is -2.39. The first kappa shape index (κ1) is 18.2. The molecule has 0 aromatic carbocycles. The third-order valence-corrected chi connectivity index (χ3v) is 6.04. The Hall–Kier alpha value is -1.56. The van der Waals surface area contributed by atoms with Crippen molar-refractivity contribution in [3.8, 4) is 0 Å². The number of aliphatic hydroxyl groups excluding tert-OH is 1. The molecule has 140 valence electrons. The van der Waals surface area contributed by atoms with Crippen molar-refractivity contribution in [3.05, 3.63) is 17.5 Å². The highest BCUT2D eigenvalue weighted by Crippen LogP contribution is 2.37.